The molecule has 2 aromatic carbocycles. The molecule has 0 bridgehead atoms. The first-order valence-corrected chi connectivity index (χ1v) is 12.4. The molecule has 1 aliphatic carbocycles. The first kappa shape index (κ1) is 23.3. The molecule has 180 valence electrons. The summed E-state index contributed by atoms with van der Waals surface area (Å²) < 4.78 is 1.90. The topological polar surface area (TPSA) is 84.7 Å². The van der Waals surface area contributed by atoms with Crippen LogP contribution in [0.3, 0.4) is 0 Å². The molecule has 0 radical (unpaired) electrons. The van der Waals surface area contributed by atoms with Crippen LogP contribution in [0.5, 0.6) is 0 Å². The van der Waals surface area contributed by atoms with E-state index in [-0.39, 0.29) is 18.0 Å². The summed E-state index contributed by atoms with van der Waals surface area (Å²) in [7, 11) is 0. The van der Waals surface area contributed by atoms with E-state index in [1.165, 1.54) is 5.56 Å². The van der Waals surface area contributed by atoms with Gasteiger partial charge < -0.3 is 10.6 Å². The number of hydrogen-bond donors (Lipinski definition) is 2. The van der Waals surface area contributed by atoms with Crippen LogP contribution in [0.1, 0.15) is 53.1 Å². The zero-order valence-corrected chi connectivity index (χ0v) is 20.9. The van der Waals surface area contributed by atoms with Gasteiger partial charge in [0.05, 0.1) is 27.4 Å². The lowest BCUT2D eigenvalue weighted by Crippen LogP contribution is -2.40. The van der Waals surface area contributed by atoms with E-state index in [4.69, 9.17) is 26.7 Å². The molecule has 0 spiro atoms. The Kier molecular flexibility index (Phi) is 6.43. The average molecular weight is 489 g/mol. The summed E-state index contributed by atoms with van der Waals surface area (Å²) in [6.07, 6.45) is 3.65. The summed E-state index contributed by atoms with van der Waals surface area (Å²) in [5.41, 5.74) is 4.39. The fourth-order valence-corrected chi connectivity index (χ4v) is 5.04. The lowest BCUT2D eigenvalue weighted by Gasteiger charge is -2.30. The molecule has 0 unspecified atom stereocenters. The van der Waals surface area contributed by atoms with E-state index in [0.29, 0.717) is 16.4 Å². The molecule has 8 heteroatoms. The van der Waals surface area contributed by atoms with E-state index in [1.807, 2.05) is 42.8 Å². The van der Waals surface area contributed by atoms with Crippen molar-refractivity contribution in [1.29, 1.82) is 0 Å². The number of nitrogens with zero attached hydrogens (tertiary/aromatic N) is 4. The van der Waals surface area contributed by atoms with Gasteiger partial charge in [0.25, 0.3) is 5.91 Å². The number of fused-ring (bicyclic) bond motifs is 1. The molecule has 0 aliphatic heterocycles. The molecule has 2 aromatic heterocycles. The standard InChI is InChI=1S/C27H29ClN6O/c1-16-7-6-8-21(15-16)34-26-24(17(2)33-34)25(29-18(3)30-26)31-19-11-13-20(14-12-19)32-27(35)22-9-4-5-10-23(22)28/h4-10,15,19-20H,11-14H2,1-3H3,(H,32,35)(H,29,30,31). The number of amides is 1. The Balaban J connectivity index is 1.31. The first-order chi connectivity index (χ1) is 16.9. The van der Waals surface area contributed by atoms with Gasteiger partial charge in [-0.25, -0.2) is 14.6 Å². The highest BCUT2D eigenvalue weighted by Crippen LogP contribution is 2.29. The molecule has 1 amide bonds. The highest BCUT2D eigenvalue weighted by molar-refractivity contribution is 6.33. The number of aromatic nitrogens is 4. The van der Waals surface area contributed by atoms with Crippen molar-refractivity contribution in [3.8, 4) is 5.69 Å². The monoisotopic (exact) mass is 488 g/mol. The van der Waals surface area contributed by atoms with Gasteiger partial charge >= 0.3 is 0 Å². The van der Waals surface area contributed by atoms with Gasteiger partial charge in [-0.05, 0) is 76.3 Å². The minimum absolute atomic E-state index is 0.112. The summed E-state index contributed by atoms with van der Waals surface area (Å²) >= 11 is 6.18. The maximum absolute atomic E-state index is 12.6. The van der Waals surface area contributed by atoms with Crippen LogP contribution in [0.15, 0.2) is 48.5 Å². The molecule has 1 fully saturated rings. The molecule has 0 atom stereocenters. The SMILES string of the molecule is Cc1cccc(-n2nc(C)c3c(NC4CCC(NC(=O)c5ccccc5Cl)CC4)nc(C)nc32)c1. The molecule has 1 saturated carbocycles. The number of anilines is 1. The summed E-state index contributed by atoms with van der Waals surface area (Å²) in [5.74, 6) is 1.42. The van der Waals surface area contributed by atoms with E-state index >= 15 is 0 Å². The van der Waals surface area contributed by atoms with Crippen molar-refractivity contribution in [2.75, 3.05) is 5.32 Å². The van der Waals surface area contributed by atoms with Crippen molar-refractivity contribution >= 4 is 34.4 Å². The van der Waals surface area contributed by atoms with Crippen molar-refractivity contribution in [3.63, 3.8) is 0 Å². The minimum atomic E-state index is -0.112. The van der Waals surface area contributed by atoms with Crippen molar-refractivity contribution < 1.29 is 4.79 Å². The van der Waals surface area contributed by atoms with Crippen LogP contribution in [0, 0.1) is 20.8 Å². The van der Waals surface area contributed by atoms with Crippen molar-refractivity contribution in [2.24, 2.45) is 0 Å². The predicted octanol–water partition coefficient (Wildman–Crippen LogP) is 5.55. The first-order valence-electron chi connectivity index (χ1n) is 12.0. The quantitative estimate of drug-likeness (QED) is 0.385. The van der Waals surface area contributed by atoms with E-state index in [9.17, 15) is 4.79 Å². The molecule has 35 heavy (non-hydrogen) atoms. The van der Waals surface area contributed by atoms with Crippen molar-refractivity contribution in [3.05, 3.63) is 76.2 Å². The number of nitrogens with one attached hydrogen (secondary N) is 2. The number of rotatable bonds is 5. The molecular weight excluding hydrogens is 460 g/mol. The molecule has 5 rings (SSSR count). The summed E-state index contributed by atoms with van der Waals surface area (Å²) in [6.45, 7) is 5.98. The number of aryl methyl sites for hydroxylation is 3. The highest BCUT2D eigenvalue weighted by Gasteiger charge is 2.25. The van der Waals surface area contributed by atoms with Crippen LogP contribution >= 0.6 is 11.6 Å². The minimum Gasteiger partial charge on any atom is -0.367 e. The smallest absolute Gasteiger partial charge is 0.253 e. The van der Waals surface area contributed by atoms with Gasteiger partial charge in [0, 0.05) is 12.1 Å². The number of benzene rings is 2. The van der Waals surface area contributed by atoms with Gasteiger partial charge in [0.2, 0.25) is 0 Å². The van der Waals surface area contributed by atoms with Crippen LogP contribution in [0.25, 0.3) is 16.7 Å². The average Bonchev–Trinajstić information content (AvgIpc) is 3.16. The van der Waals surface area contributed by atoms with Gasteiger partial charge in [-0.15, -0.1) is 0 Å². The predicted molar refractivity (Wildman–Crippen MR) is 139 cm³/mol. The summed E-state index contributed by atoms with van der Waals surface area (Å²) in [6, 6.07) is 15.8. The Hall–Kier alpha value is -3.45. The number of carbonyl (C=O) groups is 1. The fraction of sp³-hybridized carbons (Fsp3) is 0.333. The highest BCUT2D eigenvalue weighted by atomic mass is 35.5. The summed E-state index contributed by atoms with van der Waals surface area (Å²) in [5, 5.41) is 13.0. The third kappa shape index (κ3) is 4.86. The Morgan fingerprint density at radius 3 is 2.46 bits per heavy atom. The molecular formula is C27H29ClN6O. The maximum Gasteiger partial charge on any atom is 0.253 e. The van der Waals surface area contributed by atoms with Gasteiger partial charge in [-0.1, -0.05) is 35.9 Å². The van der Waals surface area contributed by atoms with Gasteiger partial charge in [0.1, 0.15) is 11.6 Å². The van der Waals surface area contributed by atoms with E-state index in [1.54, 1.807) is 12.1 Å². The second kappa shape index (κ2) is 9.66. The zero-order valence-electron chi connectivity index (χ0n) is 20.2. The Bertz CT molecular complexity index is 1390. The Morgan fingerprint density at radius 1 is 0.971 bits per heavy atom. The molecule has 4 aromatic rings. The van der Waals surface area contributed by atoms with Crippen LogP contribution in [0.4, 0.5) is 5.82 Å². The largest absolute Gasteiger partial charge is 0.367 e. The second-order valence-corrected chi connectivity index (χ2v) is 9.71. The Labute approximate surface area is 209 Å². The van der Waals surface area contributed by atoms with Crippen molar-refractivity contribution in [1.82, 2.24) is 25.1 Å². The van der Waals surface area contributed by atoms with Gasteiger partial charge in [-0.2, -0.15) is 5.10 Å². The lowest BCUT2D eigenvalue weighted by molar-refractivity contribution is 0.0926. The molecule has 2 heterocycles. The number of halogens is 1. The molecule has 1 aliphatic rings. The van der Waals surface area contributed by atoms with Gasteiger partial charge in [0.15, 0.2) is 5.65 Å². The maximum atomic E-state index is 12.6. The third-order valence-electron chi connectivity index (χ3n) is 6.58. The second-order valence-electron chi connectivity index (χ2n) is 9.30. The van der Waals surface area contributed by atoms with E-state index in [0.717, 1.165) is 53.9 Å². The van der Waals surface area contributed by atoms with Crippen LogP contribution in [-0.4, -0.2) is 37.7 Å². The van der Waals surface area contributed by atoms with Crippen LogP contribution in [-0.2, 0) is 0 Å². The summed E-state index contributed by atoms with van der Waals surface area (Å²) in [4.78, 5) is 22.1. The number of carbonyl (C=O) groups excluding carboxylic acids is 1. The van der Waals surface area contributed by atoms with E-state index < -0.39 is 0 Å². The third-order valence-corrected chi connectivity index (χ3v) is 6.91. The number of hydrogen-bond acceptors (Lipinski definition) is 5. The zero-order chi connectivity index (χ0) is 24.5. The lowest BCUT2D eigenvalue weighted by atomic mass is 9.91. The van der Waals surface area contributed by atoms with Gasteiger partial charge in [-0.3, -0.25) is 4.79 Å². The molecule has 2 N–H and O–H groups in total. The van der Waals surface area contributed by atoms with Crippen molar-refractivity contribution in [2.45, 2.75) is 58.5 Å². The fourth-order valence-electron chi connectivity index (χ4n) is 4.82. The molecule has 7 nitrogen and oxygen atoms in total. The van der Waals surface area contributed by atoms with Crippen LogP contribution < -0.4 is 10.6 Å². The molecule has 0 saturated heterocycles. The Morgan fingerprint density at radius 2 is 1.71 bits per heavy atom. The van der Waals surface area contributed by atoms with E-state index in [2.05, 4.69) is 29.7 Å². The van der Waals surface area contributed by atoms with Crippen LogP contribution in [0.2, 0.25) is 5.02 Å². The normalized spacial score (nSPS) is 17.9.